The lowest BCUT2D eigenvalue weighted by molar-refractivity contribution is -0.185. The summed E-state index contributed by atoms with van der Waals surface area (Å²) in [6.45, 7) is 0. The van der Waals surface area contributed by atoms with Crippen LogP contribution in [-0.2, 0) is 4.79 Å². The molecule has 0 spiro atoms. The van der Waals surface area contributed by atoms with E-state index in [1.807, 2.05) is 0 Å². The van der Waals surface area contributed by atoms with Gasteiger partial charge in [0.2, 0.25) is 5.91 Å². The maximum atomic E-state index is 13.1. The molecule has 2 nitrogen and oxygen atoms in total. The molecule has 0 radical (unpaired) electrons. The van der Waals surface area contributed by atoms with Crippen LogP contribution >= 0.6 is 15.9 Å². The maximum Gasteiger partial charge on any atom is 0.391 e. The summed E-state index contributed by atoms with van der Waals surface area (Å²) in [5.41, 5.74) is 0.231. The van der Waals surface area contributed by atoms with Gasteiger partial charge in [0, 0.05) is 10.4 Å². The van der Waals surface area contributed by atoms with Crippen molar-refractivity contribution in [2.75, 3.05) is 5.32 Å². The molecule has 2 rings (SSSR count). The molecule has 116 valence electrons. The number of benzene rings is 1. The van der Waals surface area contributed by atoms with E-state index in [2.05, 4.69) is 21.2 Å². The summed E-state index contributed by atoms with van der Waals surface area (Å²) in [5, 5.41) is 2.50. The van der Waals surface area contributed by atoms with Crippen LogP contribution in [0.3, 0.4) is 0 Å². The molecule has 1 aliphatic rings. The summed E-state index contributed by atoms with van der Waals surface area (Å²) in [6.07, 6.45) is -3.62. The predicted octanol–water partition coefficient (Wildman–Crippen LogP) is 4.90. The van der Waals surface area contributed by atoms with Gasteiger partial charge in [-0.25, -0.2) is 4.39 Å². The van der Waals surface area contributed by atoms with E-state index in [1.54, 1.807) is 0 Å². The van der Waals surface area contributed by atoms with Gasteiger partial charge in [0.25, 0.3) is 0 Å². The lowest BCUT2D eigenvalue weighted by atomic mass is 9.80. The van der Waals surface area contributed by atoms with Crippen molar-refractivity contribution in [3.63, 3.8) is 0 Å². The van der Waals surface area contributed by atoms with Gasteiger partial charge >= 0.3 is 6.18 Å². The fourth-order valence-electron chi connectivity index (χ4n) is 2.55. The molecule has 0 aromatic heterocycles. The Labute approximate surface area is 128 Å². The number of anilines is 1. The van der Waals surface area contributed by atoms with Gasteiger partial charge in [-0.2, -0.15) is 13.2 Å². The van der Waals surface area contributed by atoms with Gasteiger partial charge in [-0.15, -0.1) is 0 Å². The fraction of sp³-hybridized carbons (Fsp3) is 0.500. The number of hydrogen-bond acceptors (Lipinski definition) is 1. The van der Waals surface area contributed by atoms with Gasteiger partial charge in [0.1, 0.15) is 5.82 Å². The molecular formula is C14H14BrF4NO. The fourth-order valence-corrected chi connectivity index (χ4v) is 2.90. The van der Waals surface area contributed by atoms with E-state index in [9.17, 15) is 22.4 Å². The number of halogens is 5. The van der Waals surface area contributed by atoms with Crippen LogP contribution in [0.1, 0.15) is 25.7 Å². The third-order valence-corrected chi connectivity index (χ3v) is 4.39. The van der Waals surface area contributed by atoms with E-state index in [4.69, 9.17) is 0 Å². The van der Waals surface area contributed by atoms with E-state index >= 15 is 0 Å². The van der Waals surface area contributed by atoms with E-state index in [0.29, 0.717) is 17.3 Å². The number of alkyl halides is 3. The van der Waals surface area contributed by atoms with Crippen molar-refractivity contribution in [2.45, 2.75) is 31.9 Å². The quantitative estimate of drug-likeness (QED) is 0.740. The van der Waals surface area contributed by atoms with Gasteiger partial charge in [0.05, 0.1) is 11.6 Å². The van der Waals surface area contributed by atoms with Gasteiger partial charge in [-0.3, -0.25) is 4.79 Å². The first-order valence-corrected chi connectivity index (χ1v) is 7.39. The number of hydrogen-bond donors (Lipinski definition) is 1. The second-order valence-corrected chi connectivity index (χ2v) is 6.07. The average Bonchev–Trinajstić information content (AvgIpc) is 2.42. The minimum atomic E-state index is -4.27. The normalized spacial score (nSPS) is 22.9. The molecule has 1 amide bonds. The minimum absolute atomic E-state index is 0.0664. The first-order valence-electron chi connectivity index (χ1n) is 6.60. The third-order valence-electron chi connectivity index (χ3n) is 3.69. The second-order valence-electron chi connectivity index (χ2n) is 5.22. The molecule has 0 saturated heterocycles. The second kappa shape index (κ2) is 6.34. The van der Waals surface area contributed by atoms with Gasteiger partial charge in [0.15, 0.2) is 0 Å². The highest BCUT2D eigenvalue weighted by molar-refractivity contribution is 9.10. The highest BCUT2D eigenvalue weighted by Gasteiger charge is 2.43. The summed E-state index contributed by atoms with van der Waals surface area (Å²) in [6, 6.07) is 3.79. The van der Waals surface area contributed by atoms with Crippen molar-refractivity contribution in [2.24, 2.45) is 11.8 Å². The minimum Gasteiger partial charge on any atom is -0.325 e. The van der Waals surface area contributed by atoms with Gasteiger partial charge < -0.3 is 5.32 Å². The lowest BCUT2D eigenvalue weighted by Gasteiger charge is -2.29. The van der Waals surface area contributed by atoms with E-state index in [1.165, 1.54) is 12.1 Å². The van der Waals surface area contributed by atoms with Crippen LogP contribution in [0.2, 0.25) is 0 Å². The topological polar surface area (TPSA) is 29.1 Å². The average molecular weight is 368 g/mol. The highest BCUT2D eigenvalue weighted by Crippen LogP contribution is 2.40. The molecule has 21 heavy (non-hydrogen) atoms. The Hall–Kier alpha value is -1.11. The predicted molar refractivity (Wildman–Crippen MR) is 74.2 cm³/mol. The van der Waals surface area contributed by atoms with Gasteiger partial charge in [-0.05, 0) is 53.4 Å². The number of amides is 1. The first-order chi connectivity index (χ1) is 9.77. The molecule has 1 aromatic carbocycles. The Morgan fingerprint density at radius 2 is 2.00 bits per heavy atom. The molecule has 1 aromatic rings. The zero-order valence-electron chi connectivity index (χ0n) is 11.0. The SMILES string of the molecule is O=C(Nc1cc(F)ccc1Br)C1CCCC(C(F)(F)F)C1. The smallest absolute Gasteiger partial charge is 0.325 e. The molecule has 1 fully saturated rings. The van der Waals surface area contributed by atoms with Crippen molar-refractivity contribution in [1.82, 2.24) is 0 Å². The lowest BCUT2D eigenvalue weighted by Crippen LogP contribution is -2.34. The molecule has 7 heteroatoms. The molecule has 0 aliphatic heterocycles. The van der Waals surface area contributed by atoms with Crippen LogP contribution in [0.25, 0.3) is 0 Å². The van der Waals surface area contributed by atoms with Crippen molar-refractivity contribution >= 4 is 27.5 Å². The first kappa shape index (κ1) is 16.3. The van der Waals surface area contributed by atoms with E-state index in [0.717, 1.165) is 6.07 Å². The number of nitrogens with one attached hydrogen (secondary N) is 1. The van der Waals surface area contributed by atoms with Crippen LogP contribution in [0.4, 0.5) is 23.2 Å². The molecule has 1 aliphatic carbocycles. The summed E-state index contributed by atoms with van der Waals surface area (Å²) < 4.78 is 51.8. The Kier molecular flexibility index (Phi) is 4.91. The zero-order chi connectivity index (χ0) is 15.6. The van der Waals surface area contributed by atoms with Crippen molar-refractivity contribution in [3.8, 4) is 0 Å². The highest BCUT2D eigenvalue weighted by atomic mass is 79.9. The van der Waals surface area contributed by atoms with Crippen LogP contribution in [0.5, 0.6) is 0 Å². The van der Waals surface area contributed by atoms with E-state index < -0.39 is 29.7 Å². The van der Waals surface area contributed by atoms with Crippen molar-refractivity contribution < 1.29 is 22.4 Å². The maximum absolute atomic E-state index is 13.1. The van der Waals surface area contributed by atoms with Crippen molar-refractivity contribution in [1.29, 1.82) is 0 Å². The standard InChI is InChI=1S/C14H14BrF4NO/c15-11-5-4-10(16)7-12(11)20-13(21)8-2-1-3-9(6-8)14(17,18)19/h4-5,7-9H,1-3,6H2,(H,20,21). The Balaban J connectivity index is 2.04. The number of carbonyl (C=O) groups excluding carboxylic acids is 1. The summed E-state index contributed by atoms with van der Waals surface area (Å²) >= 11 is 3.17. The Morgan fingerprint density at radius 3 is 2.67 bits per heavy atom. The van der Waals surface area contributed by atoms with Crippen LogP contribution in [0.15, 0.2) is 22.7 Å². The van der Waals surface area contributed by atoms with Crippen molar-refractivity contribution in [3.05, 3.63) is 28.5 Å². The summed E-state index contributed by atoms with van der Waals surface area (Å²) in [7, 11) is 0. The van der Waals surface area contributed by atoms with Crippen LogP contribution in [0, 0.1) is 17.7 Å². The summed E-state index contributed by atoms with van der Waals surface area (Å²) in [4.78, 5) is 12.1. The molecule has 1 saturated carbocycles. The zero-order valence-corrected chi connectivity index (χ0v) is 12.6. The van der Waals surface area contributed by atoms with Crippen LogP contribution in [-0.4, -0.2) is 12.1 Å². The molecule has 0 heterocycles. The third kappa shape index (κ3) is 4.18. The van der Waals surface area contributed by atoms with E-state index in [-0.39, 0.29) is 18.5 Å². The Morgan fingerprint density at radius 1 is 1.29 bits per heavy atom. The Bertz CT molecular complexity index is 532. The van der Waals surface area contributed by atoms with Gasteiger partial charge in [-0.1, -0.05) is 6.42 Å². The largest absolute Gasteiger partial charge is 0.391 e. The molecule has 2 unspecified atom stereocenters. The number of rotatable bonds is 2. The van der Waals surface area contributed by atoms with Crippen LogP contribution < -0.4 is 5.32 Å². The molecular weight excluding hydrogens is 354 g/mol. The monoisotopic (exact) mass is 367 g/mol. The molecule has 0 bridgehead atoms. The number of carbonyl (C=O) groups is 1. The summed E-state index contributed by atoms with van der Waals surface area (Å²) in [5.74, 6) is -3.14. The molecule has 1 N–H and O–H groups in total. The molecule has 2 atom stereocenters.